The molecule has 2 rings (SSSR count). The Kier molecular flexibility index (Phi) is 6.10. The molecule has 0 saturated carbocycles. The number of nitriles is 1. The van der Waals surface area contributed by atoms with Gasteiger partial charge in [0.15, 0.2) is 0 Å². The summed E-state index contributed by atoms with van der Waals surface area (Å²) >= 11 is 1.12. The zero-order chi connectivity index (χ0) is 19.3. The molecule has 0 saturated heterocycles. The lowest BCUT2D eigenvalue weighted by molar-refractivity contribution is -0.107. The van der Waals surface area contributed by atoms with Gasteiger partial charge in [-0.15, -0.1) is 11.3 Å². The molecule has 0 aliphatic rings. The van der Waals surface area contributed by atoms with Gasteiger partial charge in [0.2, 0.25) is 10.0 Å². The number of benzene rings is 1. The van der Waals surface area contributed by atoms with Crippen LogP contribution in [-0.4, -0.2) is 32.3 Å². The van der Waals surface area contributed by atoms with Crippen molar-refractivity contribution in [3.8, 4) is 11.8 Å². The molecule has 8 nitrogen and oxygen atoms in total. The summed E-state index contributed by atoms with van der Waals surface area (Å²) in [4.78, 5) is 23.1. The predicted octanol–water partition coefficient (Wildman–Crippen LogP) is 1.04. The van der Waals surface area contributed by atoms with Gasteiger partial charge in [-0.3, -0.25) is 4.79 Å². The van der Waals surface area contributed by atoms with Crippen molar-refractivity contribution in [1.82, 2.24) is 10.0 Å². The summed E-state index contributed by atoms with van der Waals surface area (Å²) in [6, 6.07) is 6.80. The van der Waals surface area contributed by atoms with E-state index in [9.17, 15) is 23.1 Å². The Labute approximate surface area is 154 Å². The molecule has 3 N–H and O–H groups in total. The van der Waals surface area contributed by atoms with Crippen LogP contribution in [0.3, 0.4) is 0 Å². The number of aldehydes is 1. The van der Waals surface area contributed by atoms with Gasteiger partial charge in [-0.2, -0.15) is 5.26 Å². The van der Waals surface area contributed by atoms with Crippen molar-refractivity contribution in [1.29, 1.82) is 5.26 Å². The molecule has 0 spiro atoms. The molecule has 0 bridgehead atoms. The van der Waals surface area contributed by atoms with Crippen molar-refractivity contribution < 1.29 is 23.1 Å². The Hall–Kier alpha value is -2.74. The summed E-state index contributed by atoms with van der Waals surface area (Å²) in [5, 5.41) is 20.8. The van der Waals surface area contributed by atoms with Crippen LogP contribution in [0.2, 0.25) is 0 Å². The van der Waals surface area contributed by atoms with Crippen molar-refractivity contribution in [2.75, 3.05) is 6.54 Å². The van der Waals surface area contributed by atoms with Crippen LogP contribution in [0.15, 0.2) is 29.2 Å². The average Bonchev–Trinajstić information content (AvgIpc) is 2.99. The lowest BCUT2D eigenvalue weighted by atomic mass is 10.2. The molecule has 10 heteroatoms. The van der Waals surface area contributed by atoms with Gasteiger partial charge in [0.25, 0.3) is 5.91 Å². The topological polar surface area (TPSA) is 136 Å². The van der Waals surface area contributed by atoms with E-state index in [4.69, 9.17) is 5.26 Å². The monoisotopic (exact) mass is 393 g/mol. The van der Waals surface area contributed by atoms with E-state index in [2.05, 4.69) is 10.0 Å². The molecular weight excluding hydrogens is 378 g/mol. The van der Waals surface area contributed by atoms with E-state index in [1.807, 2.05) is 0 Å². The van der Waals surface area contributed by atoms with Gasteiger partial charge in [0.1, 0.15) is 18.1 Å². The number of aromatic hydroxyl groups is 1. The molecule has 1 aromatic carbocycles. The van der Waals surface area contributed by atoms with E-state index < -0.39 is 15.9 Å². The predicted molar refractivity (Wildman–Crippen MR) is 94.3 cm³/mol. The first-order valence-corrected chi connectivity index (χ1v) is 9.62. The minimum absolute atomic E-state index is 0.0441. The summed E-state index contributed by atoms with van der Waals surface area (Å²) < 4.78 is 27.1. The van der Waals surface area contributed by atoms with Gasteiger partial charge in [-0.25, -0.2) is 13.1 Å². The Morgan fingerprint density at radius 3 is 2.77 bits per heavy atom. The van der Waals surface area contributed by atoms with Crippen LogP contribution in [0.4, 0.5) is 0 Å². The maximum Gasteiger partial charge on any atom is 0.261 e. The molecule has 0 fully saturated rings. The smallest absolute Gasteiger partial charge is 0.261 e. The summed E-state index contributed by atoms with van der Waals surface area (Å²) in [7, 11) is -3.90. The van der Waals surface area contributed by atoms with E-state index in [0.29, 0.717) is 21.6 Å². The fourth-order valence-electron chi connectivity index (χ4n) is 2.10. The molecule has 1 heterocycles. The molecule has 136 valence electrons. The zero-order valence-corrected chi connectivity index (χ0v) is 15.3. The minimum atomic E-state index is -3.90. The SMILES string of the molecule is Cc1cc(CNS(=O)(=O)c2ccc(O)c(C#N)c2)sc1C(=O)NCC=O. The van der Waals surface area contributed by atoms with Crippen molar-refractivity contribution in [2.24, 2.45) is 0 Å². The number of aryl methyl sites for hydroxylation is 1. The molecule has 0 aliphatic carbocycles. The molecule has 2 aromatic rings. The maximum atomic E-state index is 12.3. The zero-order valence-electron chi connectivity index (χ0n) is 13.6. The fraction of sp³-hybridized carbons (Fsp3) is 0.188. The summed E-state index contributed by atoms with van der Waals surface area (Å²) in [6.07, 6.45) is 0.572. The second-order valence-electron chi connectivity index (χ2n) is 5.22. The molecule has 0 unspecified atom stereocenters. The first-order chi connectivity index (χ1) is 12.3. The molecule has 26 heavy (non-hydrogen) atoms. The van der Waals surface area contributed by atoms with Crippen molar-refractivity contribution in [3.05, 3.63) is 45.1 Å². The van der Waals surface area contributed by atoms with Crippen molar-refractivity contribution in [3.63, 3.8) is 0 Å². The quantitative estimate of drug-likeness (QED) is 0.601. The van der Waals surface area contributed by atoms with Gasteiger partial charge < -0.3 is 15.2 Å². The molecular formula is C16H15N3O5S2. The Bertz CT molecular complexity index is 990. The number of carbonyl (C=O) groups is 2. The number of amides is 1. The van der Waals surface area contributed by atoms with Crippen LogP contribution in [0, 0.1) is 18.3 Å². The van der Waals surface area contributed by atoms with E-state index in [1.165, 1.54) is 6.07 Å². The lowest BCUT2D eigenvalue weighted by Crippen LogP contribution is -2.24. The highest BCUT2D eigenvalue weighted by Crippen LogP contribution is 2.23. The number of sulfonamides is 1. The summed E-state index contributed by atoms with van der Waals surface area (Å²) in [5.74, 6) is -0.697. The Morgan fingerprint density at radius 2 is 2.12 bits per heavy atom. The van der Waals surface area contributed by atoms with Crippen LogP contribution in [0.5, 0.6) is 5.75 Å². The minimum Gasteiger partial charge on any atom is -0.507 e. The third kappa shape index (κ3) is 4.45. The number of nitrogens with zero attached hydrogens (tertiary/aromatic N) is 1. The number of phenols is 1. The third-order valence-corrected chi connectivity index (χ3v) is 5.99. The summed E-state index contributed by atoms with van der Waals surface area (Å²) in [6.45, 7) is 1.57. The van der Waals surface area contributed by atoms with Gasteiger partial charge in [-0.05, 0) is 36.8 Å². The molecule has 1 aromatic heterocycles. The number of carbonyl (C=O) groups excluding carboxylic acids is 2. The van der Waals surface area contributed by atoms with Gasteiger partial charge in [0.05, 0.1) is 21.9 Å². The first-order valence-electron chi connectivity index (χ1n) is 7.32. The highest BCUT2D eigenvalue weighted by atomic mass is 32.2. The van der Waals surface area contributed by atoms with Gasteiger partial charge in [-0.1, -0.05) is 0 Å². The van der Waals surface area contributed by atoms with Crippen LogP contribution in [-0.2, 0) is 21.4 Å². The van der Waals surface area contributed by atoms with E-state index >= 15 is 0 Å². The van der Waals surface area contributed by atoms with E-state index in [1.54, 1.807) is 19.1 Å². The molecule has 0 atom stereocenters. The largest absolute Gasteiger partial charge is 0.507 e. The van der Waals surface area contributed by atoms with E-state index in [-0.39, 0.29) is 29.3 Å². The number of hydrogen-bond acceptors (Lipinski definition) is 7. The first kappa shape index (κ1) is 19.6. The summed E-state index contributed by atoms with van der Waals surface area (Å²) in [5.41, 5.74) is 0.526. The van der Waals surface area contributed by atoms with Crippen LogP contribution < -0.4 is 10.0 Å². The highest BCUT2D eigenvalue weighted by molar-refractivity contribution is 7.89. The molecule has 1 amide bonds. The fourth-order valence-corrected chi connectivity index (χ4v) is 4.25. The van der Waals surface area contributed by atoms with Crippen molar-refractivity contribution in [2.45, 2.75) is 18.4 Å². The van der Waals surface area contributed by atoms with Crippen LogP contribution in [0.25, 0.3) is 0 Å². The Balaban J connectivity index is 2.14. The normalized spacial score (nSPS) is 10.9. The highest BCUT2D eigenvalue weighted by Gasteiger charge is 2.18. The van der Waals surface area contributed by atoms with Crippen LogP contribution in [0.1, 0.15) is 25.7 Å². The van der Waals surface area contributed by atoms with Gasteiger partial charge >= 0.3 is 0 Å². The number of phenolic OH excluding ortho intramolecular Hbond substituents is 1. The van der Waals surface area contributed by atoms with E-state index in [0.717, 1.165) is 23.5 Å². The molecule has 0 aliphatic heterocycles. The number of hydrogen-bond donors (Lipinski definition) is 3. The molecule has 0 radical (unpaired) electrons. The second kappa shape index (κ2) is 8.09. The van der Waals surface area contributed by atoms with Crippen LogP contribution >= 0.6 is 11.3 Å². The maximum absolute atomic E-state index is 12.3. The third-order valence-electron chi connectivity index (χ3n) is 3.36. The second-order valence-corrected chi connectivity index (χ2v) is 8.12. The number of thiophene rings is 1. The number of rotatable bonds is 7. The van der Waals surface area contributed by atoms with Crippen molar-refractivity contribution >= 4 is 33.6 Å². The lowest BCUT2D eigenvalue weighted by Gasteiger charge is -2.06. The van der Waals surface area contributed by atoms with Gasteiger partial charge in [0, 0.05) is 11.4 Å². The average molecular weight is 393 g/mol. The number of nitrogens with one attached hydrogen (secondary N) is 2. The standard InChI is InChI=1S/C16H15N3O5S2/c1-10-6-12(25-15(10)16(22)18-4-5-20)9-19-26(23,24)13-2-3-14(21)11(7-13)8-17/h2-3,5-7,19,21H,4,9H2,1H3,(H,18,22). The Morgan fingerprint density at radius 1 is 1.38 bits per heavy atom.